The van der Waals surface area contributed by atoms with Crippen LogP contribution in [0, 0.1) is 10.1 Å². The fraction of sp³-hybridized carbons (Fsp3) is 0.222. The summed E-state index contributed by atoms with van der Waals surface area (Å²) in [6.45, 7) is 0.440. The Labute approximate surface area is 99.3 Å². The van der Waals surface area contributed by atoms with E-state index >= 15 is 0 Å². The van der Waals surface area contributed by atoms with Gasteiger partial charge in [-0.1, -0.05) is 0 Å². The first-order valence-electron chi connectivity index (χ1n) is 4.51. The number of amides is 1. The number of nitro groups is 1. The van der Waals surface area contributed by atoms with Gasteiger partial charge in [-0.2, -0.15) is 0 Å². The highest BCUT2D eigenvalue weighted by atomic mass is 79.9. The maximum Gasteiger partial charge on any atom is 0.270 e. The Morgan fingerprint density at radius 2 is 2.25 bits per heavy atom. The van der Waals surface area contributed by atoms with Gasteiger partial charge in [0.05, 0.1) is 17.2 Å². The molecule has 1 atom stereocenters. The molecule has 7 heteroatoms. The normalized spacial score (nSPS) is 19.5. The zero-order chi connectivity index (χ0) is 11.9. The monoisotopic (exact) mass is 285 g/mol. The highest BCUT2D eigenvalue weighted by Gasteiger charge is 2.35. The number of hydrogen-bond donors (Lipinski definition) is 1. The summed E-state index contributed by atoms with van der Waals surface area (Å²) in [4.78, 5) is 22.9. The molecule has 2 N–H and O–H groups in total. The lowest BCUT2D eigenvalue weighted by Gasteiger charge is -2.36. The van der Waals surface area contributed by atoms with E-state index in [1.165, 1.54) is 23.1 Å². The van der Waals surface area contributed by atoms with Crippen LogP contribution < -0.4 is 10.6 Å². The summed E-state index contributed by atoms with van der Waals surface area (Å²) in [5, 5.41) is 10.5. The lowest BCUT2D eigenvalue weighted by Crippen LogP contribution is -2.61. The maximum atomic E-state index is 11.4. The van der Waals surface area contributed by atoms with Crippen LogP contribution in [0.2, 0.25) is 0 Å². The van der Waals surface area contributed by atoms with Gasteiger partial charge < -0.3 is 10.6 Å². The Bertz CT molecular complexity index is 477. The predicted molar refractivity (Wildman–Crippen MR) is 61.1 cm³/mol. The first-order valence-corrected chi connectivity index (χ1v) is 5.31. The van der Waals surface area contributed by atoms with Crippen molar-refractivity contribution in [2.24, 2.45) is 5.73 Å². The second-order valence-corrected chi connectivity index (χ2v) is 4.30. The quantitative estimate of drug-likeness (QED) is 0.499. The number of carbonyl (C=O) groups excluding carboxylic acids is 1. The molecule has 16 heavy (non-hydrogen) atoms. The van der Waals surface area contributed by atoms with Crippen LogP contribution in [0.4, 0.5) is 11.4 Å². The minimum atomic E-state index is -0.488. The van der Waals surface area contributed by atoms with E-state index in [0.717, 1.165) is 0 Å². The zero-order valence-electron chi connectivity index (χ0n) is 8.09. The fourth-order valence-electron chi connectivity index (χ4n) is 1.50. The predicted octanol–water partition coefficient (Wildman–Crippen LogP) is 1.03. The maximum absolute atomic E-state index is 11.4. The average Bonchev–Trinajstić information content (AvgIpc) is 2.26. The van der Waals surface area contributed by atoms with Crippen LogP contribution >= 0.6 is 15.9 Å². The van der Waals surface area contributed by atoms with E-state index in [9.17, 15) is 14.9 Å². The van der Waals surface area contributed by atoms with Crippen molar-refractivity contribution >= 4 is 33.2 Å². The number of rotatable bonds is 2. The number of anilines is 1. The van der Waals surface area contributed by atoms with Crippen molar-refractivity contribution < 1.29 is 9.72 Å². The van der Waals surface area contributed by atoms with E-state index in [1.807, 2.05) is 0 Å². The topological polar surface area (TPSA) is 89.5 Å². The Hall–Kier alpha value is -1.47. The van der Waals surface area contributed by atoms with E-state index in [0.29, 0.717) is 16.7 Å². The smallest absolute Gasteiger partial charge is 0.270 e. The highest BCUT2D eigenvalue weighted by Crippen LogP contribution is 2.32. The van der Waals surface area contributed by atoms with Crippen molar-refractivity contribution in [2.45, 2.75) is 6.04 Å². The Morgan fingerprint density at radius 1 is 1.56 bits per heavy atom. The number of halogens is 1. The number of β-lactam (4-membered cyclic amide) rings is 1. The van der Waals surface area contributed by atoms with Gasteiger partial charge in [-0.05, 0) is 22.0 Å². The molecule has 1 fully saturated rings. The fourth-order valence-corrected chi connectivity index (χ4v) is 2.08. The summed E-state index contributed by atoms with van der Waals surface area (Å²) >= 11 is 3.20. The molecule has 1 heterocycles. The number of benzene rings is 1. The SMILES string of the molecule is NC1CN(c2ccc([N+](=O)[O-])cc2Br)C1=O. The van der Waals surface area contributed by atoms with Crippen LogP contribution in [0.3, 0.4) is 0 Å². The minimum Gasteiger partial charge on any atom is -0.318 e. The minimum absolute atomic E-state index is 0.0205. The molecule has 0 spiro atoms. The molecule has 6 nitrogen and oxygen atoms in total. The Morgan fingerprint density at radius 3 is 2.69 bits per heavy atom. The van der Waals surface area contributed by atoms with Gasteiger partial charge in [-0.15, -0.1) is 0 Å². The average molecular weight is 286 g/mol. The van der Waals surface area contributed by atoms with E-state index in [1.54, 1.807) is 0 Å². The van der Waals surface area contributed by atoms with Crippen LogP contribution in [0.25, 0.3) is 0 Å². The Kier molecular flexibility index (Phi) is 2.64. The van der Waals surface area contributed by atoms with Gasteiger partial charge in [0, 0.05) is 16.6 Å². The molecule has 1 aliphatic heterocycles. The van der Waals surface area contributed by atoms with E-state index < -0.39 is 11.0 Å². The molecular formula is C9H8BrN3O3. The van der Waals surface area contributed by atoms with Crippen LogP contribution in [0.5, 0.6) is 0 Å². The van der Waals surface area contributed by atoms with Crippen molar-refractivity contribution in [3.63, 3.8) is 0 Å². The zero-order valence-corrected chi connectivity index (χ0v) is 9.68. The summed E-state index contributed by atoms with van der Waals surface area (Å²) < 4.78 is 0.516. The van der Waals surface area contributed by atoms with Crippen molar-refractivity contribution in [1.82, 2.24) is 0 Å². The van der Waals surface area contributed by atoms with Crippen LogP contribution in [-0.2, 0) is 4.79 Å². The molecule has 1 aromatic rings. The van der Waals surface area contributed by atoms with Crippen molar-refractivity contribution in [1.29, 1.82) is 0 Å². The van der Waals surface area contributed by atoms with Gasteiger partial charge in [-0.3, -0.25) is 14.9 Å². The van der Waals surface area contributed by atoms with Crippen molar-refractivity contribution in [2.75, 3.05) is 11.4 Å². The van der Waals surface area contributed by atoms with Gasteiger partial charge in [0.2, 0.25) is 5.91 Å². The van der Waals surface area contributed by atoms with Crippen LogP contribution in [0.15, 0.2) is 22.7 Å². The third-order valence-corrected chi connectivity index (χ3v) is 3.03. The largest absolute Gasteiger partial charge is 0.318 e. The van der Waals surface area contributed by atoms with Gasteiger partial charge in [0.15, 0.2) is 0 Å². The van der Waals surface area contributed by atoms with Crippen molar-refractivity contribution in [3.05, 3.63) is 32.8 Å². The van der Waals surface area contributed by atoms with Crippen LogP contribution in [-0.4, -0.2) is 23.4 Å². The molecule has 0 bridgehead atoms. The summed E-state index contributed by atoms with van der Waals surface area (Å²) in [5.41, 5.74) is 6.05. The van der Waals surface area contributed by atoms with Gasteiger partial charge in [-0.25, -0.2) is 0 Å². The second kappa shape index (κ2) is 3.84. The summed E-state index contributed by atoms with van der Waals surface area (Å²) in [5.74, 6) is -0.172. The molecule has 1 aromatic carbocycles. The molecular weight excluding hydrogens is 278 g/mol. The molecule has 1 aliphatic rings. The molecule has 1 amide bonds. The van der Waals surface area contributed by atoms with Gasteiger partial charge in [0.1, 0.15) is 6.04 Å². The molecule has 1 unspecified atom stereocenters. The molecule has 0 aliphatic carbocycles. The standard InChI is InChI=1S/C9H8BrN3O3/c10-6-3-5(13(15)16)1-2-8(6)12-4-7(11)9(12)14/h1-3,7H,4,11H2. The summed E-state index contributed by atoms with van der Waals surface area (Å²) in [7, 11) is 0. The second-order valence-electron chi connectivity index (χ2n) is 3.45. The number of nitrogens with zero attached hydrogens (tertiary/aromatic N) is 2. The number of hydrogen-bond acceptors (Lipinski definition) is 4. The third-order valence-electron chi connectivity index (χ3n) is 2.40. The Balaban J connectivity index is 2.30. The van der Waals surface area contributed by atoms with E-state index in [-0.39, 0.29) is 11.6 Å². The van der Waals surface area contributed by atoms with Crippen molar-refractivity contribution in [3.8, 4) is 0 Å². The lowest BCUT2D eigenvalue weighted by molar-refractivity contribution is -0.384. The molecule has 1 saturated heterocycles. The molecule has 2 rings (SSSR count). The van der Waals surface area contributed by atoms with E-state index in [2.05, 4.69) is 15.9 Å². The molecule has 84 valence electrons. The number of nitro benzene ring substituents is 1. The summed E-state index contributed by atoms with van der Waals surface area (Å²) in [6, 6.07) is 3.80. The van der Waals surface area contributed by atoms with Gasteiger partial charge in [0.25, 0.3) is 5.69 Å². The molecule has 0 radical (unpaired) electrons. The number of nitrogens with two attached hydrogens (primary N) is 1. The van der Waals surface area contributed by atoms with E-state index in [4.69, 9.17) is 5.73 Å². The highest BCUT2D eigenvalue weighted by molar-refractivity contribution is 9.10. The third kappa shape index (κ3) is 1.68. The number of non-ortho nitro benzene ring substituents is 1. The van der Waals surface area contributed by atoms with Crippen LogP contribution in [0.1, 0.15) is 0 Å². The summed E-state index contributed by atoms with van der Waals surface area (Å²) in [6.07, 6.45) is 0. The first-order chi connectivity index (χ1) is 7.50. The van der Waals surface area contributed by atoms with Gasteiger partial charge >= 0.3 is 0 Å². The first kappa shape index (κ1) is 11.0. The lowest BCUT2D eigenvalue weighted by atomic mass is 10.1. The molecule has 0 saturated carbocycles. The molecule has 0 aromatic heterocycles. The number of carbonyl (C=O) groups is 1.